The van der Waals surface area contributed by atoms with Crippen LogP contribution in [0.15, 0.2) is 0 Å². The number of carboxylic acid groups (broad SMARTS) is 1. The summed E-state index contributed by atoms with van der Waals surface area (Å²) in [6.07, 6.45) is 5.26. The van der Waals surface area contributed by atoms with Crippen molar-refractivity contribution in [1.82, 2.24) is 10.2 Å². The fourth-order valence-corrected chi connectivity index (χ4v) is 2.52. The Bertz CT molecular complexity index is 258. The van der Waals surface area contributed by atoms with Crippen LogP contribution in [-0.4, -0.2) is 47.7 Å². The van der Waals surface area contributed by atoms with E-state index < -0.39 is 11.5 Å². The summed E-state index contributed by atoms with van der Waals surface area (Å²) in [6.45, 7) is 5.72. The van der Waals surface area contributed by atoms with E-state index in [0.717, 1.165) is 19.5 Å². The van der Waals surface area contributed by atoms with Crippen molar-refractivity contribution in [3.63, 3.8) is 0 Å². The summed E-state index contributed by atoms with van der Waals surface area (Å²) in [6, 6.07) is 0.485. The lowest BCUT2D eigenvalue weighted by Crippen LogP contribution is -2.54. The Morgan fingerprint density at radius 2 is 2.24 bits per heavy atom. The molecule has 2 unspecified atom stereocenters. The van der Waals surface area contributed by atoms with E-state index in [2.05, 4.69) is 17.3 Å². The topological polar surface area (TPSA) is 52.6 Å². The van der Waals surface area contributed by atoms with E-state index in [9.17, 15) is 9.90 Å². The van der Waals surface area contributed by atoms with Gasteiger partial charge in [-0.1, -0.05) is 19.8 Å². The molecule has 0 saturated carbocycles. The zero-order valence-electron chi connectivity index (χ0n) is 11.3. The van der Waals surface area contributed by atoms with Gasteiger partial charge in [-0.25, -0.2) is 0 Å². The van der Waals surface area contributed by atoms with Crippen molar-refractivity contribution in [2.75, 3.05) is 20.1 Å². The summed E-state index contributed by atoms with van der Waals surface area (Å²) >= 11 is 0. The molecule has 4 nitrogen and oxygen atoms in total. The number of nitrogens with one attached hydrogen (secondary N) is 1. The molecule has 2 atom stereocenters. The molecular weight excluding hydrogens is 216 g/mol. The number of hydrogen-bond donors (Lipinski definition) is 2. The Balaban J connectivity index is 2.48. The van der Waals surface area contributed by atoms with Gasteiger partial charge in [-0.05, 0) is 39.8 Å². The van der Waals surface area contributed by atoms with Crippen LogP contribution in [0, 0.1) is 0 Å². The highest BCUT2D eigenvalue weighted by atomic mass is 16.4. The largest absolute Gasteiger partial charge is 0.480 e. The summed E-state index contributed by atoms with van der Waals surface area (Å²) in [5.74, 6) is -0.738. The minimum Gasteiger partial charge on any atom is -0.480 e. The lowest BCUT2D eigenvalue weighted by molar-refractivity contribution is -0.144. The highest BCUT2D eigenvalue weighted by molar-refractivity contribution is 5.78. The predicted octanol–water partition coefficient (Wildman–Crippen LogP) is 1.70. The molecule has 1 aliphatic rings. The van der Waals surface area contributed by atoms with Crippen LogP contribution >= 0.6 is 0 Å². The second-order valence-corrected chi connectivity index (χ2v) is 5.40. The average Bonchev–Trinajstić information content (AvgIpc) is 2.28. The molecule has 0 aromatic carbocycles. The molecule has 1 heterocycles. The average molecular weight is 242 g/mol. The number of rotatable bonds is 6. The fourth-order valence-electron chi connectivity index (χ4n) is 2.52. The molecule has 0 aliphatic carbocycles. The van der Waals surface area contributed by atoms with Gasteiger partial charge >= 0.3 is 5.97 Å². The number of carboxylic acids is 1. The molecule has 0 bridgehead atoms. The maximum atomic E-state index is 11.3. The van der Waals surface area contributed by atoms with Crippen molar-refractivity contribution >= 4 is 5.97 Å². The van der Waals surface area contributed by atoms with E-state index in [1.54, 1.807) is 6.92 Å². The highest BCUT2D eigenvalue weighted by Gasteiger charge is 2.32. The van der Waals surface area contributed by atoms with Crippen LogP contribution in [0.4, 0.5) is 0 Å². The third kappa shape index (κ3) is 3.96. The van der Waals surface area contributed by atoms with E-state index in [1.807, 2.05) is 6.92 Å². The van der Waals surface area contributed by atoms with Crippen LogP contribution < -0.4 is 5.32 Å². The molecule has 0 aromatic rings. The van der Waals surface area contributed by atoms with Crippen molar-refractivity contribution in [2.45, 2.75) is 57.5 Å². The number of piperidine rings is 1. The van der Waals surface area contributed by atoms with Crippen molar-refractivity contribution < 1.29 is 9.90 Å². The zero-order chi connectivity index (χ0) is 12.9. The van der Waals surface area contributed by atoms with Gasteiger partial charge in [0.05, 0.1) is 0 Å². The van der Waals surface area contributed by atoms with E-state index in [0.29, 0.717) is 12.5 Å². The third-order valence-corrected chi connectivity index (χ3v) is 3.87. The normalized spacial score (nSPS) is 25.5. The molecule has 100 valence electrons. The second kappa shape index (κ2) is 6.36. The summed E-state index contributed by atoms with van der Waals surface area (Å²) in [7, 11) is 2.13. The van der Waals surface area contributed by atoms with Crippen LogP contribution in [0.25, 0.3) is 0 Å². The summed E-state index contributed by atoms with van der Waals surface area (Å²) in [5.41, 5.74) is -0.771. The summed E-state index contributed by atoms with van der Waals surface area (Å²) < 4.78 is 0. The first kappa shape index (κ1) is 14.5. The first-order valence-corrected chi connectivity index (χ1v) is 6.68. The van der Waals surface area contributed by atoms with E-state index >= 15 is 0 Å². The number of likely N-dealkylation sites (tertiary alicyclic amines) is 1. The SMILES string of the molecule is CCCC(C)(NCC1CCCCN1C)C(=O)O. The molecule has 1 saturated heterocycles. The molecule has 2 N–H and O–H groups in total. The van der Waals surface area contributed by atoms with Gasteiger partial charge in [-0.2, -0.15) is 0 Å². The third-order valence-electron chi connectivity index (χ3n) is 3.87. The zero-order valence-corrected chi connectivity index (χ0v) is 11.3. The molecular formula is C13H26N2O2. The Kier molecular flexibility index (Phi) is 5.40. The minimum absolute atomic E-state index is 0.485. The van der Waals surface area contributed by atoms with Crippen molar-refractivity contribution in [3.8, 4) is 0 Å². The molecule has 0 aromatic heterocycles. The van der Waals surface area contributed by atoms with Gasteiger partial charge in [0.25, 0.3) is 0 Å². The Hall–Kier alpha value is -0.610. The Morgan fingerprint density at radius 1 is 1.53 bits per heavy atom. The number of nitrogens with zero attached hydrogens (tertiary/aromatic N) is 1. The van der Waals surface area contributed by atoms with Gasteiger partial charge < -0.3 is 15.3 Å². The maximum Gasteiger partial charge on any atom is 0.323 e. The van der Waals surface area contributed by atoms with Gasteiger partial charge in [0.2, 0.25) is 0 Å². The van der Waals surface area contributed by atoms with E-state index in [1.165, 1.54) is 19.3 Å². The summed E-state index contributed by atoms with van der Waals surface area (Å²) in [5, 5.41) is 12.5. The molecule has 4 heteroatoms. The van der Waals surface area contributed by atoms with Gasteiger partial charge in [0, 0.05) is 12.6 Å². The van der Waals surface area contributed by atoms with Crippen LogP contribution in [0.1, 0.15) is 46.0 Å². The fraction of sp³-hybridized carbons (Fsp3) is 0.923. The van der Waals surface area contributed by atoms with Crippen LogP contribution in [0.2, 0.25) is 0 Å². The van der Waals surface area contributed by atoms with Crippen molar-refractivity contribution in [3.05, 3.63) is 0 Å². The first-order valence-electron chi connectivity index (χ1n) is 6.68. The number of aliphatic carboxylic acids is 1. The smallest absolute Gasteiger partial charge is 0.323 e. The second-order valence-electron chi connectivity index (χ2n) is 5.40. The number of hydrogen-bond acceptors (Lipinski definition) is 3. The molecule has 1 fully saturated rings. The maximum absolute atomic E-state index is 11.3. The van der Waals surface area contributed by atoms with Crippen LogP contribution in [-0.2, 0) is 4.79 Å². The lowest BCUT2D eigenvalue weighted by atomic mass is 9.95. The number of likely N-dealkylation sites (N-methyl/N-ethyl adjacent to an activating group) is 1. The molecule has 0 radical (unpaired) electrons. The molecule has 1 rings (SSSR count). The van der Waals surface area contributed by atoms with Gasteiger partial charge in [0.1, 0.15) is 5.54 Å². The molecule has 0 spiro atoms. The van der Waals surface area contributed by atoms with Crippen molar-refractivity contribution in [2.24, 2.45) is 0 Å². The molecule has 1 aliphatic heterocycles. The van der Waals surface area contributed by atoms with Crippen LogP contribution in [0.3, 0.4) is 0 Å². The standard InChI is InChI=1S/C13H26N2O2/c1-4-8-13(2,12(16)17)14-10-11-7-5-6-9-15(11)3/h11,14H,4-10H2,1-3H3,(H,16,17). The van der Waals surface area contributed by atoms with Gasteiger partial charge in [-0.15, -0.1) is 0 Å². The Morgan fingerprint density at radius 3 is 2.76 bits per heavy atom. The Labute approximate surface area is 104 Å². The quantitative estimate of drug-likeness (QED) is 0.744. The van der Waals surface area contributed by atoms with Crippen LogP contribution in [0.5, 0.6) is 0 Å². The van der Waals surface area contributed by atoms with E-state index in [-0.39, 0.29) is 0 Å². The van der Waals surface area contributed by atoms with Gasteiger partial charge in [-0.3, -0.25) is 4.79 Å². The predicted molar refractivity (Wildman–Crippen MR) is 69.2 cm³/mol. The summed E-state index contributed by atoms with van der Waals surface area (Å²) in [4.78, 5) is 13.6. The highest BCUT2D eigenvalue weighted by Crippen LogP contribution is 2.17. The first-order chi connectivity index (χ1) is 7.99. The van der Waals surface area contributed by atoms with E-state index in [4.69, 9.17) is 0 Å². The minimum atomic E-state index is -0.771. The molecule has 0 amide bonds. The molecule has 17 heavy (non-hydrogen) atoms. The van der Waals surface area contributed by atoms with Crippen molar-refractivity contribution in [1.29, 1.82) is 0 Å². The monoisotopic (exact) mass is 242 g/mol. The van der Waals surface area contributed by atoms with Gasteiger partial charge in [0.15, 0.2) is 0 Å². The number of carbonyl (C=O) groups is 1. The lowest BCUT2D eigenvalue weighted by Gasteiger charge is -2.35.